The molecule has 1 aromatic heterocycles. The SMILES string of the molecule is Cc1ccccc1CNC(=O)c1cnc(NCc2ccc3c(c2)OCO3)nc1. The lowest BCUT2D eigenvalue weighted by Crippen LogP contribution is -2.23. The molecule has 0 aliphatic carbocycles. The molecule has 1 aliphatic rings. The lowest BCUT2D eigenvalue weighted by atomic mass is 10.1. The van der Waals surface area contributed by atoms with Gasteiger partial charge in [-0.25, -0.2) is 9.97 Å². The number of carbonyl (C=O) groups is 1. The first-order valence-electron chi connectivity index (χ1n) is 8.96. The van der Waals surface area contributed by atoms with Crippen LogP contribution in [-0.2, 0) is 13.1 Å². The number of amides is 1. The van der Waals surface area contributed by atoms with Gasteiger partial charge in [-0.1, -0.05) is 30.3 Å². The van der Waals surface area contributed by atoms with Crippen LogP contribution in [0.3, 0.4) is 0 Å². The summed E-state index contributed by atoms with van der Waals surface area (Å²) in [6.07, 6.45) is 3.03. The van der Waals surface area contributed by atoms with Gasteiger partial charge in [-0.3, -0.25) is 4.79 Å². The molecule has 3 aromatic rings. The maximum absolute atomic E-state index is 12.3. The van der Waals surface area contributed by atoms with Gasteiger partial charge in [0.25, 0.3) is 5.91 Å². The van der Waals surface area contributed by atoms with E-state index in [1.165, 1.54) is 12.4 Å². The Morgan fingerprint density at radius 3 is 2.64 bits per heavy atom. The zero-order valence-electron chi connectivity index (χ0n) is 15.4. The van der Waals surface area contributed by atoms with Crippen LogP contribution in [0.4, 0.5) is 5.95 Å². The number of ether oxygens (including phenoxy) is 2. The number of rotatable bonds is 6. The molecule has 1 amide bonds. The zero-order valence-corrected chi connectivity index (χ0v) is 15.4. The van der Waals surface area contributed by atoms with Crippen LogP contribution in [0.2, 0.25) is 0 Å². The van der Waals surface area contributed by atoms with Crippen LogP contribution in [0.1, 0.15) is 27.0 Å². The number of hydrogen-bond acceptors (Lipinski definition) is 6. The van der Waals surface area contributed by atoms with E-state index in [1.54, 1.807) is 0 Å². The zero-order chi connectivity index (χ0) is 19.3. The van der Waals surface area contributed by atoms with Gasteiger partial charge in [0.05, 0.1) is 5.56 Å². The summed E-state index contributed by atoms with van der Waals surface area (Å²) in [5.74, 6) is 1.74. The molecule has 4 rings (SSSR count). The van der Waals surface area contributed by atoms with Crippen LogP contribution in [0.25, 0.3) is 0 Å². The number of benzene rings is 2. The minimum atomic E-state index is -0.203. The van der Waals surface area contributed by atoms with E-state index in [0.29, 0.717) is 24.6 Å². The monoisotopic (exact) mass is 376 g/mol. The molecule has 142 valence electrons. The molecule has 28 heavy (non-hydrogen) atoms. The molecule has 0 radical (unpaired) electrons. The molecule has 0 fully saturated rings. The molecule has 0 spiro atoms. The van der Waals surface area contributed by atoms with Gasteiger partial charge in [0.1, 0.15) is 0 Å². The first-order chi connectivity index (χ1) is 13.7. The summed E-state index contributed by atoms with van der Waals surface area (Å²) >= 11 is 0. The highest BCUT2D eigenvalue weighted by molar-refractivity contribution is 5.93. The summed E-state index contributed by atoms with van der Waals surface area (Å²) in [5.41, 5.74) is 3.66. The fourth-order valence-corrected chi connectivity index (χ4v) is 2.85. The Balaban J connectivity index is 1.32. The fraction of sp³-hybridized carbons (Fsp3) is 0.190. The normalized spacial score (nSPS) is 11.9. The lowest BCUT2D eigenvalue weighted by Gasteiger charge is -2.09. The average molecular weight is 376 g/mol. The molecule has 2 N–H and O–H groups in total. The second-order valence-electron chi connectivity index (χ2n) is 6.45. The number of nitrogens with zero attached hydrogens (tertiary/aromatic N) is 2. The smallest absolute Gasteiger partial charge is 0.254 e. The number of hydrogen-bond donors (Lipinski definition) is 2. The third-order valence-corrected chi connectivity index (χ3v) is 4.50. The van der Waals surface area contributed by atoms with E-state index in [4.69, 9.17) is 9.47 Å². The minimum Gasteiger partial charge on any atom is -0.454 e. The molecule has 1 aliphatic heterocycles. The standard InChI is InChI=1S/C21H20N4O3/c1-14-4-2-3-5-16(14)10-22-20(26)17-11-24-21(25-12-17)23-9-15-6-7-18-19(8-15)28-13-27-18/h2-8,11-12H,9-10,13H2,1H3,(H,22,26)(H,23,24,25). The van der Waals surface area contributed by atoms with Gasteiger partial charge in [-0.15, -0.1) is 0 Å². The van der Waals surface area contributed by atoms with Crippen LogP contribution >= 0.6 is 0 Å². The number of anilines is 1. The third-order valence-electron chi connectivity index (χ3n) is 4.50. The molecule has 7 nitrogen and oxygen atoms in total. The Bertz CT molecular complexity index is 989. The third kappa shape index (κ3) is 4.03. The van der Waals surface area contributed by atoms with E-state index in [-0.39, 0.29) is 12.7 Å². The first kappa shape index (κ1) is 17.8. The number of aromatic nitrogens is 2. The summed E-state index contributed by atoms with van der Waals surface area (Å²) in [6, 6.07) is 13.7. The molecule has 0 unspecified atom stereocenters. The first-order valence-corrected chi connectivity index (χ1v) is 8.96. The minimum absolute atomic E-state index is 0.203. The Hall–Kier alpha value is -3.61. The van der Waals surface area contributed by atoms with Crippen molar-refractivity contribution in [3.8, 4) is 11.5 Å². The van der Waals surface area contributed by atoms with E-state index < -0.39 is 0 Å². The lowest BCUT2D eigenvalue weighted by molar-refractivity contribution is 0.0950. The summed E-state index contributed by atoms with van der Waals surface area (Å²) < 4.78 is 10.7. The van der Waals surface area contributed by atoms with Crippen LogP contribution in [0.15, 0.2) is 54.9 Å². The Kier molecular flexibility index (Phi) is 5.05. The fourth-order valence-electron chi connectivity index (χ4n) is 2.85. The second-order valence-corrected chi connectivity index (χ2v) is 6.45. The predicted molar refractivity (Wildman–Crippen MR) is 104 cm³/mol. The summed E-state index contributed by atoms with van der Waals surface area (Å²) in [6.45, 7) is 3.28. The van der Waals surface area contributed by atoms with Crippen LogP contribution in [-0.4, -0.2) is 22.7 Å². The molecular weight excluding hydrogens is 356 g/mol. The van der Waals surface area contributed by atoms with Gasteiger partial charge in [-0.05, 0) is 35.7 Å². The van der Waals surface area contributed by atoms with Gasteiger partial charge >= 0.3 is 0 Å². The van der Waals surface area contributed by atoms with Crippen LogP contribution in [0, 0.1) is 6.92 Å². The second kappa shape index (κ2) is 7.96. The van der Waals surface area contributed by atoms with E-state index in [2.05, 4.69) is 20.6 Å². The molecule has 0 atom stereocenters. The number of nitrogens with one attached hydrogen (secondary N) is 2. The van der Waals surface area contributed by atoms with Crippen LogP contribution in [0.5, 0.6) is 11.5 Å². The highest BCUT2D eigenvalue weighted by Crippen LogP contribution is 2.32. The van der Waals surface area contributed by atoms with Crippen molar-refractivity contribution in [3.63, 3.8) is 0 Å². The largest absolute Gasteiger partial charge is 0.454 e. The summed E-state index contributed by atoms with van der Waals surface area (Å²) in [7, 11) is 0. The number of aryl methyl sites for hydroxylation is 1. The maximum Gasteiger partial charge on any atom is 0.254 e. The molecule has 0 saturated carbocycles. The molecule has 0 bridgehead atoms. The van der Waals surface area contributed by atoms with Gasteiger partial charge in [0.2, 0.25) is 12.7 Å². The average Bonchev–Trinajstić information content (AvgIpc) is 3.20. The highest BCUT2D eigenvalue weighted by atomic mass is 16.7. The predicted octanol–water partition coefficient (Wildman–Crippen LogP) is 3.06. The quantitative estimate of drug-likeness (QED) is 0.688. The van der Waals surface area contributed by atoms with Crippen molar-refractivity contribution in [2.75, 3.05) is 12.1 Å². The van der Waals surface area contributed by atoms with Crippen molar-refractivity contribution in [1.29, 1.82) is 0 Å². The summed E-state index contributed by atoms with van der Waals surface area (Å²) in [4.78, 5) is 20.7. The van der Waals surface area contributed by atoms with Gasteiger partial charge < -0.3 is 20.1 Å². The molecule has 7 heteroatoms. The van der Waals surface area contributed by atoms with Crippen molar-refractivity contribution in [3.05, 3.63) is 77.1 Å². The van der Waals surface area contributed by atoms with E-state index >= 15 is 0 Å². The number of fused-ring (bicyclic) bond motifs is 1. The van der Waals surface area contributed by atoms with Crippen molar-refractivity contribution in [1.82, 2.24) is 15.3 Å². The highest BCUT2D eigenvalue weighted by Gasteiger charge is 2.13. The van der Waals surface area contributed by atoms with Crippen LogP contribution < -0.4 is 20.1 Å². The Labute approximate surface area is 162 Å². The van der Waals surface area contributed by atoms with Gasteiger partial charge in [0.15, 0.2) is 11.5 Å². The maximum atomic E-state index is 12.3. The van der Waals surface area contributed by atoms with Crippen molar-refractivity contribution in [2.45, 2.75) is 20.0 Å². The Morgan fingerprint density at radius 1 is 1.04 bits per heavy atom. The van der Waals surface area contributed by atoms with E-state index in [1.807, 2.05) is 49.4 Å². The van der Waals surface area contributed by atoms with E-state index in [0.717, 1.165) is 28.2 Å². The summed E-state index contributed by atoms with van der Waals surface area (Å²) in [5, 5.41) is 6.03. The molecule has 2 aromatic carbocycles. The van der Waals surface area contributed by atoms with E-state index in [9.17, 15) is 4.79 Å². The van der Waals surface area contributed by atoms with Gasteiger partial charge in [-0.2, -0.15) is 0 Å². The van der Waals surface area contributed by atoms with Crippen molar-refractivity contribution >= 4 is 11.9 Å². The van der Waals surface area contributed by atoms with Crippen molar-refractivity contribution in [2.24, 2.45) is 0 Å². The molecule has 0 saturated heterocycles. The van der Waals surface area contributed by atoms with Gasteiger partial charge in [0, 0.05) is 25.5 Å². The molecule has 2 heterocycles. The number of carbonyl (C=O) groups excluding carboxylic acids is 1. The molecular formula is C21H20N4O3. The van der Waals surface area contributed by atoms with Crippen molar-refractivity contribution < 1.29 is 14.3 Å². The Morgan fingerprint density at radius 2 is 1.82 bits per heavy atom. The topological polar surface area (TPSA) is 85.4 Å².